The van der Waals surface area contributed by atoms with Crippen molar-refractivity contribution in [3.8, 4) is 0 Å². The standard InChI is InChI=1S/C14H16N6OS/c1-5-20-6-15-12-10(20)7(2)16-13(18-12)19-14-17-8(3)11(22-14)9(4)21/h6H,5H2,1-4H3,(H,16,17,18,19). The van der Waals surface area contributed by atoms with Crippen LogP contribution in [0.2, 0.25) is 0 Å². The van der Waals surface area contributed by atoms with Crippen LogP contribution in [-0.2, 0) is 6.54 Å². The van der Waals surface area contributed by atoms with Gasteiger partial charge >= 0.3 is 0 Å². The molecule has 0 radical (unpaired) electrons. The van der Waals surface area contributed by atoms with Crippen LogP contribution in [0.3, 0.4) is 0 Å². The second-order valence-corrected chi connectivity index (χ2v) is 5.95. The first kappa shape index (κ1) is 14.6. The predicted molar refractivity (Wildman–Crippen MR) is 85.9 cm³/mol. The maximum absolute atomic E-state index is 11.5. The summed E-state index contributed by atoms with van der Waals surface area (Å²) >= 11 is 1.31. The summed E-state index contributed by atoms with van der Waals surface area (Å²) in [5.41, 5.74) is 3.16. The number of hydrogen-bond acceptors (Lipinski definition) is 7. The van der Waals surface area contributed by atoms with Gasteiger partial charge in [-0.05, 0) is 20.8 Å². The van der Waals surface area contributed by atoms with Gasteiger partial charge in [0.1, 0.15) is 5.52 Å². The van der Waals surface area contributed by atoms with Crippen molar-refractivity contribution in [3.63, 3.8) is 0 Å². The summed E-state index contributed by atoms with van der Waals surface area (Å²) in [7, 11) is 0. The number of carbonyl (C=O) groups excluding carboxylic acids is 1. The Labute approximate surface area is 131 Å². The lowest BCUT2D eigenvalue weighted by Crippen LogP contribution is -2.01. The zero-order chi connectivity index (χ0) is 15.9. The Hall–Kier alpha value is -2.35. The van der Waals surface area contributed by atoms with Crippen LogP contribution in [0.4, 0.5) is 11.1 Å². The number of hydrogen-bond donors (Lipinski definition) is 1. The monoisotopic (exact) mass is 316 g/mol. The number of nitrogens with one attached hydrogen (secondary N) is 1. The second kappa shape index (κ2) is 5.45. The van der Waals surface area contributed by atoms with E-state index >= 15 is 0 Å². The number of aryl methyl sites for hydroxylation is 3. The third-order valence-electron chi connectivity index (χ3n) is 3.32. The van der Waals surface area contributed by atoms with Crippen LogP contribution >= 0.6 is 11.3 Å². The molecule has 3 aromatic rings. The molecule has 0 aliphatic carbocycles. The Bertz CT molecular complexity index is 866. The number of Topliss-reactive ketones (excluding diaryl/α,β-unsaturated/α-hetero) is 1. The SMILES string of the molecule is CCn1cnc2nc(Nc3nc(C)c(C(C)=O)s3)nc(C)c21. The molecule has 0 bridgehead atoms. The number of rotatable bonds is 4. The normalized spacial score (nSPS) is 11.1. The molecular formula is C14H16N6OS. The molecule has 0 fully saturated rings. The smallest absolute Gasteiger partial charge is 0.231 e. The minimum Gasteiger partial charge on any atom is -0.328 e. The first-order chi connectivity index (χ1) is 10.5. The summed E-state index contributed by atoms with van der Waals surface area (Å²) in [6.45, 7) is 8.15. The van der Waals surface area contributed by atoms with Gasteiger partial charge in [0.05, 0.1) is 22.6 Å². The molecule has 0 aliphatic heterocycles. The maximum Gasteiger partial charge on any atom is 0.231 e. The van der Waals surface area contributed by atoms with Gasteiger partial charge in [-0.25, -0.2) is 15.0 Å². The minimum absolute atomic E-state index is 0.0114. The van der Waals surface area contributed by atoms with Crippen LogP contribution in [0.15, 0.2) is 6.33 Å². The van der Waals surface area contributed by atoms with Gasteiger partial charge in [-0.2, -0.15) is 4.98 Å². The second-order valence-electron chi connectivity index (χ2n) is 4.95. The number of imidazole rings is 1. The van der Waals surface area contributed by atoms with Crippen molar-refractivity contribution < 1.29 is 4.79 Å². The van der Waals surface area contributed by atoms with Crippen molar-refractivity contribution in [3.05, 3.63) is 22.6 Å². The number of aromatic nitrogens is 5. The van der Waals surface area contributed by atoms with Gasteiger partial charge in [0.2, 0.25) is 5.95 Å². The zero-order valence-corrected chi connectivity index (χ0v) is 13.7. The van der Waals surface area contributed by atoms with Gasteiger partial charge in [0.15, 0.2) is 16.6 Å². The summed E-state index contributed by atoms with van der Waals surface area (Å²) in [5, 5.41) is 3.67. The van der Waals surface area contributed by atoms with E-state index in [4.69, 9.17) is 0 Å². The Balaban J connectivity index is 1.97. The minimum atomic E-state index is 0.0114. The first-order valence-corrected chi connectivity index (χ1v) is 7.76. The average Bonchev–Trinajstić information content (AvgIpc) is 3.02. The van der Waals surface area contributed by atoms with Gasteiger partial charge in [-0.15, -0.1) is 0 Å². The Morgan fingerprint density at radius 3 is 2.68 bits per heavy atom. The molecule has 3 rings (SSSR count). The summed E-state index contributed by atoms with van der Waals surface area (Å²) < 4.78 is 2.01. The maximum atomic E-state index is 11.5. The van der Waals surface area contributed by atoms with E-state index in [2.05, 4.69) is 25.3 Å². The number of carbonyl (C=O) groups is 1. The van der Waals surface area contributed by atoms with Gasteiger partial charge in [-0.1, -0.05) is 11.3 Å². The van der Waals surface area contributed by atoms with Gasteiger partial charge in [0.25, 0.3) is 0 Å². The topological polar surface area (TPSA) is 85.6 Å². The first-order valence-electron chi connectivity index (χ1n) is 6.94. The van der Waals surface area contributed by atoms with E-state index in [1.165, 1.54) is 18.3 Å². The molecule has 0 atom stereocenters. The number of fused-ring (bicyclic) bond motifs is 1. The van der Waals surface area contributed by atoms with E-state index in [0.717, 1.165) is 17.8 Å². The third kappa shape index (κ3) is 2.45. The highest BCUT2D eigenvalue weighted by molar-refractivity contribution is 7.17. The van der Waals surface area contributed by atoms with Gasteiger partial charge in [0, 0.05) is 13.5 Å². The van der Waals surface area contributed by atoms with Gasteiger partial charge < -0.3 is 4.57 Å². The van der Waals surface area contributed by atoms with Gasteiger partial charge in [-0.3, -0.25) is 10.1 Å². The van der Waals surface area contributed by atoms with E-state index in [9.17, 15) is 4.79 Å². The van der Waals surface area contributed by atoms with Crippen molar-refractivity contribution in [1.29, 1.82) is 0 Å². The van der Waals surface area contributed by atoms with Crippen LogP contribution in [0, 0.1) is 13.8 Å². The predicted octanol–water partition coefficient (Wildman–Crippen LogP) is 2.87. The molecule has 7 nitrogen and oxygen atoms in total. The van der Waals surface area contributed by atoms with Crippen molar-refractivity contribution in [1.82, 2.24) is 24.5 Å². The summed E-state index contributed by atoms with van der Waals surface area (Å²) in [5.74, 6) is 0.451. The molecule has 0 amide bonds. The Kier molecular flexibility index (Phi) is 3.61. The Morgan fingerprint density at radius 2 is 2.05 bits per heavy atom. The van der Waals surface area contributed by atoms with Crippen molar-refractivity contribution in [2.75, 3.05) is 5.32 Å². The van der Waals surface area contributed by atoms with Crippen molar-refractivity contribution in [2.45, 2.75) is 34.2 Å². The van der Waals surface area contributed by atoms with E-state index in [1.54, 1.807) is 6.33 Å². The highest BCUT2D eigenvalue weighted by Gasteiger charge is 2.14. The van der Waals surface area contributed by atoms with Crippen LogP contribution in [-0.4, -0.2) is 30.3 Å². The summed E-state index contributed by atoms with van der Waals surface area (Å²) in [6, 6.07) is 0. The molecule has 114 valence electrons. The lowest BCUT2D eigenvalue weighted by Gasteiger charge is -2.05. The molecule has 0 aliphatic rings. The molecule has 1 N–H and O–H groups in total. The average molecular weight is 316 g/mol. The number of nitrogens with zero attached hydrogens (tertiary/aromatic N) is 5. The molecule has 0 spiro atoms. The number of anilines is 2. The van der Waals surface area contributed by atoms with E-state index in [0.29, 0.717) is 27.3 Å². The fraction of sp³-hybridized carbons (Fsp3) is 0.357. The van der Waals surface area contributed by atoms with E-state index in [1.807, 2.05) is 25.3 Å². The molecule has 0 aromatic carbocycles. The van der Waals surface area contributed by atoms with Crippen molar-refractivity contribution >= 4 is 39.4 Å². The fourth-order valence-electron chi connectivity index (χ4n) is 2.33. The summed E-state index contributed by atoms with van der Waals surface area (Å²) in [4.78, 5) is 29.7. The fourth-order valence-corrected chi connectivity index (χ4v) is 3.18. The number of ketones is 1. The van der Waals surface area contributed by atoms with Crippen molar-refractivity contribution in [2.24, 2.45) is 0 Å². The molecule has 0 saturated heterocycles. The third-order valence-corrected chi connectivity index (χ3v) is 4.50. The summed E-state index contributed by atoms with van der Waals surface area (Å²) in [6.07, 6.45) is 1.76. The molecule has 22 heavy (non-hydrogen) atoms. The highest BCUT2D eigenvalue weighted by atomic mass is 32.1. The Morgan fingerprint density at radius 1 is 1.27 bits per heavy atom. The molecule has 3 aromatic heterocycles. The molecule has 0 unspecified atom stereocenters. The van der Waals surface area contributed by atoms with Crippen LogP contribution in [0.25, 0.3) is 11.2 Å². The molecule has 3 heterocycles. The van der Waals surface area contributed by atoms with E-state index in [-0.39, 0.29) is 5.78 Å². The zero-order valence-electron chi connectivity index (χ0n) is 12.8. The van der Waals surface area contributed by atoms with E-state index < -0.39 is 0 Å². The quantitative estimate of drug-likeness (QED) is 0.745. The highest BCUT2D eigenvalue weighted by Crippen LogP contribution is 2.26. The largest absolute Gasteiger partial charge is 0.328 e. The lowest BCUT2D eigenvalue weighted by molar-refractivity contribution is 0.102. The molecule has 0 saturated carbocycles. The number of thiazole rings is 1. The lowest BCUT2D eigenvalue weighted by atomic mass is 10.3. The molecule has 8 heteroatoms. The van der Waals surface area contributed by atoms with Crippen LogP contribution < -0.4 is 5.32 Å². The van der Waals surface area contributed by atoms with Crippen LogP contribution in [0.1, 0.15) is 34.9 Å². The molecular weight excluding hydrogens is 300 g/mol. The van der Waals surface area contributed by atoms with Crippen LogP contribution in [0.5, 0.6) is 0 Å².